The Hall–Kier alpha value is -2.89. The Balaban J connectivity index is 1.55. The van der Waals surface area contributed by atoms with Gasteiger partial charge >= 0.3 is 0 Å². The first-order valence-corrected chi connectivity index (χ1v) is 8.69. The van der Waals surface area contributed by atoms with Gasteiger partial charge in [0.25, 0.3) is 0 Å². The van der Waals surface area contributed by atoms with Gasteiger partial charge in [0.1, 0.15) is 5.82 Å². The monoisotopic (exact) mass is 335 g/mol. The summed E-state index contributed by atoms with van der Waals surface area (Å²) in [6.07, 6.45) is 6.97. The van der Waals surface area contributed by atoms with E-state index in [0.29, 0.717) is 6.42 Å². The predicted molar refractivity (Wildman–Crippen MR) is 94.6 cm³/mol. The molecule has 3 heterocycles. The summed E-state index contributed by atoms with van der Waals surface area (Å²) in [6.45, 7) is 0.777. The van der Waals surface area contributed by atoms with E-state index in [2.05, 4.69) is 32.3 Å². The smallest absolute Gasteiger partial charge is 0.229 e. The van der Waals surface area contributed by atoms with Gasteiger partial charge in [0.2, 0.25) is 5.91 Å². The Morgan fingerprint density at radius 2 is 2.08 bits per heavy atom. The number of amides is 1. The van der Waals surface area contributed by atoms with E-state index in [1.807, 2.05) is 35.4 Å². The van der Waals surface area contributed by atoms with E-state index in [0.717, 1.165) is 48.6 Å². The van der Waals surface area contributed by atoms with Crippen LogP contribution in [0.25, 0.3) is 11.3 Å². The molecule has 2 N–H and O–H groups in total. The highest BCUT2D eigenvalue weighted by atomic mass is 16.2. The number of piperidine rings is 1. The average molecular weight is 335 g/mol. The highest BCUT2D eigenvalue weighted by Crippen LogP contribution is 2.31. The third kappa shape index (κ3) is 3.33. The van der Waals surface area contributed by atoms with Gasteiger partial charge in [0.05, 0.1) is 24.4 Å². The van der Waals surface area contributed by atoms with Crippen molar-refractivity contribution in [3.63, 3.8) is 0 Å². The van der Waals surface area contributed by atoms with Gasteiger partial charge in [-0.15, -0.1) is 0 Å². The summed E-state index contributed by atoms with van der Waals surface area (Å²) >= 11 is 0. The molecule has 1 saturated heterocycles. The molecule has 1 amide bonds. The van der Waals surface area contributed by atoms with Crippen LogP contribution in [0.3, 0.4) is 0 Å². The molecule has 25 heavy (non-hydrogen) atoms. The Morgan fingerprint density at radius 3 is 2.88 bits per heavy atom. The van der Waals surface area contributed by atoms with E-state index in [9.17, 15) is 4.79 Å². The first-order chi connectivity index (χ1) is 12.3. The molecule has 0 unspecified atom stereocenters. The van der Waals surface area contributed by atoms with Gasteiger partial charge in [-0.05, 0) is 30.9 Å². The SMILES string of the molecule is O=C(Cc1ccn[nH]1)N1CCCC[C@H]1c1ncc(-c2ccccc2)[nH]1. The van der Waals surface area contributed by atoms with Crippen LogP contribution in [0.2, 0.25) is 0 Å². The number of carbonyl (C=O) groups is 1. The van der Waals surface area contributed by atoms with Crippen LogP contribution in [0.4, 0.5) is 0 Å². The topological polar surface area (TPSA) is 77.7 Å². The van der Waals surface area contributed by atoms with Gasteiger partial charge < -0.3 is 9.88 Å². The number of likely N-dealkylation sites (tertiary alicyclic amines) is 1. The third-order valence-corrected chi connectivity index (χ3v) is 4.72. The molecule has 2 aromatic heterocycles. The molecule has 6 heteroatoms. The number of nitrogens with zero attached hydrogens (tertiary/aromatic N) is 3. The minimum absolute atomic E-state index is 0.0154. The molecule has 1 atom stereocenters. The molecule has 1 aliphatic rings. The zero-order chi connectivity index (χ0) is 17.1. The number of aromatic nitrogens is 4. The molecule has 0 spiro atoms. The predicted octanol–water partition coefficient (Wildman–Crippen LogP) is 3.10. The summed E-state index contributed by atoms with van der Waals surface area (Å²) in [5, 5.41) is 6.79. The summed E-state index contributed by atoms with van der Waals surface area (Å²) in [5.41, 5.74) is 2.94. The maximum absolute atomic E-state index is 12.8. The summed E-state index contributed by atoms with van der Waals surface area (Å²) in [6, 6.07) is 12.0. The molecule has 3 aromatic rings. The van der Waals surface area contributed by atoms with Crippen LogP contribution in [0.5, 0.6) is 0 Å². The Kier molecular flexibility index (Phi) is 4.33. The molecule has 4 rings (SSSR count). The number of H-pyrrole nitrogens is 2. The molecule has 1 aromatic carbocycles. The van der Waals surface area contributed by atoms with E-state index in [4.69, 9.17) is 0 Å². The third-order valence-electron chi connectivity index (χ3n) is 4.72. The van der Waals surface area contributed by atoms with Crippen molar-refractivity contribution in [1.82, 2.24) is 25.1 Å². The second-order valence-corrected chi connectivity index (χ2v) is 6.41. The summed E-state index contributed by atoms with van der Waals surface area (Å²) in [7, 11) is 0. The molecule has 0 aliphatic carbocycles. The molecule has 0 saturated carbocycles. The zero-order valence-electron chi connectivity index (χ0n) is 14.0. The van der Waals surface area contributed by atoms with Crippen molar-refractivity contribution in [2.45, 2.75) is 31.7 Å². The van der Waals surface area contributed by atoms with Crippen molar-refractivity contribution in [3.05, 3.63) is 60.3 Å². The van der Waals surface area contributed by atoms with E-state index in [1.165, 1.54) is 0 Å². The molecular formula is C19H21N5O. The van der Waals surface area contributed by atoms with Crippen LogP contribution in [0.15, 0.2) is 48.8 Å². The lowest BCUT2D eigenvalue weighted by molar-refractivity contribution is -0.134. The van der Waals surface area contributed by atoms with Crippen molar-refractivity contribution in [2.24, 2.45) is 0 Å². The zero-order valence-corrected chi connectivity index (χ0v) is 14.0. The number of carbonyl (C=O) groups excluding carboxylic acids is 1. The number of hydrogen-bond donors (Lipinski definition) is 2. The van der Waals surface area contributed by atoms with Crippen LogP contribution in [-0.4, -0.2) is 37.5 Å². The number of imidazole rings is 1. The van der Waals surface area contributed by atoms with Crippen molar-refractivity contribution < 1.29 is 4.79 Å². The largest absolute Gasteiger partial charge is 0.340 e. The van der Waals surface area contributed by atoms with Gasteiger partial charge in [-0.25, -0.2) is 4.98 Å². The summed E-state index contributed by atoms with van der Waals surface area (Å²) in [4.78, 5) is 22.7. The second-order valence-electron chi connectivity index (χ2n) is 6.41. The van der Waals surface area contributed by atoms with E-state index >= 15 is 0 Å². The molecule has 1 fully saturated rings. The molecule has 0 radical (unpaired) electrons. The molecule has 1 aliphatic heterocycles. The Morgan fingerprint density at radius 1 is 1.20 bits per heavy atom. The van der Waals surface area contributed by atoms with E-state index < -0.39 is 0 Å². The average Bonchev–Trinajstić information content (AvgIpc) is 3.34. The van der Waals surface area contributed by atoms with Crippen molar-refractivity contribution >= 4 is 5.91 Å². The number of benzene rings is 1. The Bertz CT molecular complexity index is 825. The van der Waals surface area contributed by atoms with Gasteiger partial charge in [-0.1, -0.05) is 30.3 Å². The lowest BCUT2D eigenvalue weighted by Gasteiger charge is -2.34. The fourth-order valence-corrected chi connectivity index (χ4v) is 3.43. The highest BCUT2D eigenvalue weighted by Gasteiger charge is 2.30. The number of hydrogen-bond acceptors (Lipinski definition) is 3. The lowest BCUT2D eigenvalue weighted by atomic mass is 10.0. The highest BCUT2D eigenvalue weighted by molar-refractivity contribution is 5.78. The number of nitrogens with one attached hydrogen (secondary N) is 2. The summed E-state index contributed by atoms with van der Waals surface area (Å²) in [5.74, 6) is 0.989. The fourth-order valence-electron chi connectivity index (χ4n) is 3.43. The van der Waals surface area contributed by atoms with Crippen LogP contribution >= 0.6 is 0 Å². The standard InChI is InChI=1S/C19H21N5O/c25-18(12-15-9-10-21-23-15)24-11-5-4-8-17(24)19-20-13-16(22-19)14-6-2-1-3-7-14/h1-3,6-7,9-10,13,17H,4-5,8,11-12H2,(H,20,22)(H,21,23)/t17-/m0/s1. The molecule has 0 bridgehead atoms. The number of rotatable bonds is 4. The quantitative estimate of drug-likeness (QED) is 0.769. The normalized spacial score (nSPS) is 17.6. The summed E-state index contributed by atoms with van der Waals surface area (Å²) < 4.78 is 0. The van der Waals surface area contributed by atoms with Gasteiger partial charge in [-0.2, -0.15) is 5.10 Å². The lowest BCUT2D eigenvalue weighted by Crippen LogP contribution is -2.39. The van der Waals surface area contributed by atoms with Crippen LogP contribution in [0.1, 0.15) is 36.8 Å². The van der Waals surface area contributed by atoms with Crippen LogP contribution in [-0.2, 0) is 11.2 Å². The van der Waals surface area contributed by atoms with Crippen LogP contribution < -0.4 is 0 Å². The molecule has 6 nitrogen and oxygen atoms in total. The van der Waals surface area contributed by atoms with Crippen molar-refractivity contribution in [2.75, 3.05) is 6.54 Å². The number of aromatic amines is 2. The first-order valence-electron chi connectivity index (χ1n) is 8.69. The second kappa shape index (κ2) is 6.93. The first kappa shape index (κ1) is 15.6. The van der Waals surface area contributed by atoms with Crippen LogP contribution in [0, 0.1) is 0 Å². The molecular weight excluding hydrogens is 314 g/mol. The minimum atomic E-state index is 0.0154. The van der Waals surface area contributed by atoms with E-state index in [1.54, 1.807) is 6.20 Å². The van der Waals surface area contributed by atoms with Gasteiger partial charge in [-0.3, -0.25) is 9.89 Å². The minimum Gasteiger partial charge on any atom is -0.340 e. The fraction of sp³-hybridized carbons (Fsp3) is 0.316. The Labute approximate surface area is 146 Å². The maximum Gasteiger partial charge on any atom is 0.229 e. The van der Waals surface area contributed by atoms with E-state index in [-0.39, 0.29) is 11.9 Å². The maximum atomic E-state index is 12.8. The van der Waals surface area contributed by atoms with Crippen molar-refractivity contribution in [3.8, 4) is 11.3 Å². The molecule has 128 valence electrons. The van der Waals surface area contributed by atoms with Gasteiger partial charge in [0, 0.05) is 18.4 Å². The van der Waals surface area contributed by atoms with Crippen molar-refractivity contribution in [1.29, 1.82) is 0 Å². The van der Waals surface area contributed by atoms with Gasteiger partial charge in [0.15, 0.2) is 0 Å².